The second kappa shape index (κ2) is 6.31. The largest absolute Gasteiger partial charge is 0.478 e. The van der Waals surface area contributed by atoms with Crippen LogP contribution in [0.3, 0.4) is 0 Å². The molecule has 5 heteroatoms. The number of pyridine rings is 1. The third-order valence-electron chi connectivity index (χ3n) is 4.63. The quantitative estimate of drug-likeness (QED) is 0.912. The molecule has 0 bridgehead atoms. The van der Waals surface area contributed by atoms with E-state index < -0.39 is 5.97 Å². The lowest BCUT2D eigenvalue weighted by Crippen LogP contribution is -2.37. The van der Waals surface area contributed by atoms with Gasteiger partial charge in [0, 0.05) is 42.5 Å². The van der Waals surface area contributed by atoms with Crippen molar-refractivity contribution in [2.75, 3.05) is 6.54 Å². The second-order valence-electron chi connectivity index (χ2n) is 7.39. The lowest BCUT2D eigenvalue weighted by Gasteiger charge is -2.29. The van der Waals surface area contributed by atoms with Crippen LogP contribution in [0.25, 0.3) is 0 Å². The van der Waals surface area contributed by atoms with E-state index in [-0.39, 0.29) is 23.4 Å². The van der Waals surface area contributed by atoms with Crippen LogP contribution in [0.15, 0.2) is 36.5 Å². The van der Waals surface area contributed by atoms with Gasteiger partial charge in [-0.25, -0.2) is 4.79 Å². The van der Waals surface area contributed by atoms with Crippen molar-refractivity contribution in [2.24, 2.45) is 0 Å². The zero-order valence-electron chi connectivity index (χ0n) is 14.7. The van der Waals surface area contributed by atoms with Crippen LogP contribution < -0.4 is 0 Å². The molecule has 5 nitrogen and oxygen atoms in total. The number of carboxylic acid groups (broad SMARTS) is 1. The third-order valence-corrected chi connectivity index (χ3v) is 4.63. The number of hydrogen-bond donors (Lipinski definition) is 1. The zero-order valence-corrected chi connectivity index (χ0v) is 14.7. The fourth-order valence-corrected chi connectivity index (χ4v) is 3.11. The summed E-state index contributed by atoms with van der Waals surface area (Å²) in [5.41, 5.74) is 3.47. The average molecular weight is 338 g/mol. The predicted octanol–water partition coefficient (Wildman–Crippen LogP) is 3.28. The Balaban J connectivity index is 1.84. The molecule has 0 radical (unpaired) electrons. The van der Waals surface area contributed by atoms with Crippen LogP contribution in [0.5, 0.6) is 0 Å². The van der Waals surface area contributed by atoms with E-state index in [4.69, 9.17) is 0 Å². The first-order chi connectivity index (χ1) is 11.8. The number of nitrogens with zero attached hydrogens (tertiary/aromatic N) is 2. The molecule has 1 aromatic heterocycles. The summed E-state index contributed by atoms with van der Waals surface area (Å²) in [6.45, 7) is 7.22. The molecule has 1 N–H and O–H groups in total. The highest BCUT2D eigenvalue weighted by Crippen LogP contribution is 2.25. The van der Waals surface area contributed by atoms with Gasteiger partial charge < -0.3 is 10.0 Å². The van der Waals surface area contributed by atoms with Crippen LogP contribution in [0, 0.1) is 0 Å². The molecular weight excluding hydrogens is 316 g/mol. The molecule has 0 fully saturated rings. The SMILES string of the molecule is CC(C)(C)c1ccc(C(=O)N2CCc3nccc(C(=O)O)c3C2)cc1. The van der Waals surface area contributed by atoms with E-state index in [0.717, 1.165) is 5.69 Å². The van der Waals surface area contributed by atoms with Crippen LogP contribution in [-0.4, -0.2) is 33.4 Å². The van der Waals surface area contributed by atoms with Crippen LogP contribution in [0.4, 0.5) is 0 Å². The van der Waals surface area contributed by atoms with E-state index >= 15 is 0 Å². The fourth-order valence-electron chi connectivity index (χ4n) is 3.11. The van der Waals surface area contributed by atoms with Gasteiger partial charge in [0.2, 0.25) is 0 Å². The number of carboxylic acids is 1. The Morgan fingerprint density at radius 1 is 1.12 bits per heavy atom. The van der Waals surface area contributed by atoms with Crippen LogP contribution in [0.2, 0.25) is 0 Å². The van der Waals surface area contributed by atoms with Crippen molar-refractivity contribution in [3.8, 4) is 0 Å². The molecule has 3 rings (SSSR count). The zero-order chi connectivity index (χ0) is 18.2. The minimum atomic E-state index is -0.984. The summed E-state index contributed by atoms with van der Waals surface area (Å²) in [6.07, 6.45) is 2.09. The van der Waals surface area contributed by atoms with Crippen molar-refractivity contribution in [1.82, 2.24) is 9.88 Å². The fraction of sp³-hybridized carbons (Fsp3) is 0.350. The topological polar surface area (TPSA) is 70.5 Å². The van der Waals surface area contributed by atoms with Gasteiger partial charge in [0.15, 0.2) is 0 Å². The highest BCUT2D eigenvalue weighted by atomic mass is 16.4. The molecule has 2 heterocycles. The summed E-state index contributed by atoms with van der Waals surface area (Å²) >= 11 is 0. The number of rotatable bonds is 2. The van der Waals surface area contributed by atoms with Gasteiger partial charge in [-0.2, -0.15) is 0 Å². The van der Waals surface area contributed by atoms with E-state index in [1.54, 1.807) is 4.90 Å². The summed E-state index contributed by atoms with van der Waals surface area (Å²) < 4.78 is 0. The van der Waals surface area contributed by atoms with Gasteiger partial charge in [0.1, 0.15) is 0 Å². The van der Waals surface area contributed by atoms with Crippen molar-refractivity contribution in [3.63, 3.8) is 0 Å². The van der Waals surface area contributed by atoms with Crippen LogP contribution in [0.1, 0.15) is 58.3 Å². The van der Waals surface area contributed by atoms with Crippen LogP contribution >= 0.6 is 0 Å². The molecule has 0 aliphatic carbocycles. The van der Waals surface area contributed by atoms with Gasteiger partial charge >= 0.3 is 5.97 Å². The molecule has 0 saturated carbocycles. The van der Waals surface area contributed by atoms with Crippen molar-refractivity contribution in [1.29, 1.82) is 0 Å². The number of aromatic nitrogens is 1. The smallest absolute Gasteiger partial charge is 0.336 e. The van der Waals surface area contributed by atoms with Crippen molar-refractivity contribution in [2.45, 2.75) is 39.2 Å². The first-order valence-electron chi connectivity index (χ1n) is 8.37. The van der Waals surface area contributed by atoms with Gasteiger partial charge in [0.25, 0.3) is 5.91 Å². The summed E-state index contributed by atoms with van der Waals surface area (Å²) in [7, 11) is 0. The lowest BCUT2D eigenvalue weighted by molar-refractivity contribution is 0.0676. The minimum Gasteiger partial charge on any atom is -0.478 e. The molecule has 0 atom stereocenters. The standard InChI is InChI=1S/C20H22N2O3/c1-20(2,3)14-6-4-13(5-7-14)18(23)22-11-9-17-16(12-22)15(19(24)25)8-10-21-17/h4-8,10H,9,11-12H2,1-3H3,(H,24,25). The van der Waals surface area contributed by atoms with E-state index in [9.17, 15) is 14.7 Å². The van der Waals surface area contributed by atoms with Gasteiger partial charge in [-0.3, -0.25) is 9.78 Å². The van der Waals surface area contributed by atoms with E-state index in [1.807, 2.05) is 24.3 Å². The van der Waals surface area contributed by atoms with Gasteiger partial charge in [0.05, 0.1) is 5.56 Å². The number of fused-ring (bicyclic) bond motifs is 1. The van der Waals surface area contributed by atoms with Crippen molar-refractivity contribution in [3.05, 3.63) is 64.5 Å². The Kier molecular flexibility index (Phi) is 4.33. The van der Waals surface area contributed by atoms with E-state index in [0.29, 0.717) is 24.1 Å². The van der Waals surface area contributed by atoms with Crippen molar-refractivity contribution < 1.29 is 14.7 Å². The summed E-state index contributed by atoms with van der Waals surface area (Å²) in [5, 5.41) is 9.36. The highest BCUT2D eigenvalue weighted by Gasteiger charge is 2.26. The molecule has 1 aliphatic heterocycles. The molecule has 2 aromatic rings. The Labute approximate surface area is 147 Å². The average Bonchev–Trinajstić information content (AvgIpc) is 2.59. The molecule has 1 amide bonds. The first kappa shape index (κ1) is 17.1. The normalized spacial score (nSPS) is 14.1. The Hall–Kier alpha value is -2.69. The Morgan fingerprint density at radius 2 is 1.80 bits per heavy atom. The number of aromatic carboxylic acids is 1. The lowest BCUT2D eigenvalue weighted by atomic mass is 9.86. The second-order valence-corrected chi connectivity index (χ2v) is 7.39. The summed E-state index contributed by atoms with van der Waals surface area (Å²) in [6, 6.07) is 9.15. The Bertz CT molecular complexity index is 820. The molecule has 1 aliphatic rings. The number of amides is 1. The highest BCUT2D eigenvalue weighted by molar-refractivity contribution is 5.95. The number of hydrogen-bond acceptors (Lipinski definition) is 3. The van der Waals surface area contributed by atoms with E-state index in [1.165, 1.54) is 17.8 Å². The summed E-state index contributed by atoms with van der Waals surface area (Å²) in [5.74, 6) is -1.06. The number of carbonyl (C=O) groups excluding carboxylic acids is 1. The summed E-state index contributed by atoms with van der Waals surface area (Å²) in [4.78, 5) is 30.2. The molecule has 130 valence electrons. The molecule has 0 saturated heterocycles. The molecular formula is C20H22N2O3. The monoisotopic (exact) mass is 338 g/mol. The maximum absolute atomic E-state index is 12.8. The maximum atomic E-state index is 12.8. The molecule has 1 aromatic carbocycles. The molecule has 0 unspecified atom stereocenters. The van der Waals surface area contributed by atoms with Crippen LogP contribution in [-0.2, 0) is 18.4 Å². The number of carbonyl (C=O) groups is 2. The Morgan fingerprint density at radius 3 is 2.40 bits per heavy atom. The number of benzene rings is 1. The third kappa shape index (κ3) is 3.40. The van der Waals surface area contributed by atoms with Gasteiger partial charge in [-0.15, -0.1) is 0 Å². The van der Waals surface area contributed by atoms with E-state index in [2.05, 4.69) is 25.8 Å². The van der Waals surface area contributed by atoms with Gasteiger partial charge in [-0.05, 0) is 29.2 Å². The first-order valence-corrected chi connectivity index (χ1v) is 8.37. The minimum absolute atomic E-state index is 0.0354. The predicted molar refractivity (Wildman–Crippen MR) is 94.8 cm³/mol. The van der Waals surface area contributed by atoms with Gasteiger partial charge in [-0.1, -0.05) is 32.9 Å². The molecule has 0 spiro atoms. The maximum Gasteiger partial charge on any atom is 0.336 e. The van der Waals surface area contributed by atoms with Crippen molar-refractivity contribution >= 4 is 11.9 Å². The molecule has 25 heavy (non-hydrogen) atoms.